The van der Waals surface area contributed by atoms with Crippen LogP contribution in [0.3, 0.4) is 0 Å². The number of carbonyl (C=O) groups is 2. The second-order valence-corrected chi connectivity index (χ2v) is 9.47. The summed E-state index contributed by atoms with van der Waals surface area (Å²) >= 11 is 0. The zero-order chi connectivity index (χ0) is 23.1. The molecule has 0 radical (unpaired) electrons. The molecule has 172 valence electrons. The standard InChI is InChI=1S/C26H25N5O3/c32-24(22-13-27-16-34-22)28-19-8-10-26(11-9-19)14-31(15-26)25(33)23-20-7-6-18(12-21(20)29-30-23)17-4-2-1-3-5-17/h1-7,12-13,16,19H,8-11,14-15H2,(H,28,32)(H,29,30). The van der Waals surface area contributed by atoms with Gasteiger partial charge in [0.2, 0.25) is 5.76 Å². The minimum atomic E-state index is -0.218. The number of oxazole rings is 1. The molecule has 6 rings (SSSR count). The third-order valence-corrected chi connectivity index (χ3v) is 7.25. The summed E-state index contributed by atoms with van der Waals surface area (Å²) < 4.78 is 5.07. The highest BCUT2D eigenvalue weighted by Gasteiger charge is 2.47. The van der Waals surface area contributed by atoms with E-state index in [1.807, 2.05) is 41.3 Å². The highest BCUT2D eigenvalue weighted by atomic mass is 16.3. The second kappa shape index (κ2) is 8.13. The number of carbonyl (C=O) groups excluding carboxylic acids is 2. The average molecular weight is 456 g/mol. The van der Waals surface area contributed by atoms with Gasteiger partial charge in [-0.05, 0) is 48.9 Å². The van der Waals surface area contributed by atoms with Crippen molar-refractivity contribution in [3.63, 3.8) is 0 Å². The van der Waals surface area contributed by atoms with Crippen LogP contribution in [-0.4, -0.2) is 51.0 Å². The van der Waals surface area contributed by atoms with Gasteiger partial charge in [0, 0.05) is 29.9 Å². The maximum Gasteiger partial charge on any atom is 0.288 e. The van der Waals surface area contributed by atoms with E-state index < -0.39 is 0 Å². The Hall–Kier alpha value is -3.94. The molecule has 1 saturated carbocycles. The second-order valence-electron chi connectivity index (χ2n) is 9.47. The van der Waals surface area contributed by atoms with E-state index in [1.54, 1.807) is 0 Å². The number of nitrogens with one attached hydrogen (secondary N) is 2. The molecule has 4 aromatic rings. The van der Waals surface area contributed by atoms with E-state index in [-0.39, 0.29) is 29.0 Å². The Morgan fingerprint density at radius 3 is 2.59 bits per heavy atom. The van der Waals surface area contributed by atoms with Gasteiger partial charge in [0.05, 0.1) is 11.7 Å². The lowest BCUT2D eigenvalue weighted by molar-refractivity contribution is -0.0201. The Kier molecular flexibility index (Phi) is 4.94. The number of aromatic amines is 1. The van der Waals surface area contributed by atoms with Crippen molar-refractivity contribution >= 4 is 22.7 Å². The Morgan fingerprint density at radius 1 is 1.06 bits per heavy atom. The Bertz CT molecular complexity index is 1330. The highest BCUT2D eigenvalue weighted by molar-refractivity contribution is 6.05. The monoisotopic (exact) mass is 455 g/mol. The molecule has 1 spiro atoms. The average Bonchev–Trinajstić information content (AvgIpc) is 3.53. The van der Waals surface area contributed by atoms with E-state index in [4.69, 9.17) is 4.42 Å². The molecule has 3 heterocycles. The van der Waals surface area contributed by atoms with Gasteiger partial charge in [-0.25, -0.2) is 4.98 Å². The van der Waals surface area contributed by atoms with E-state index >= 15 is 0 Å². The number of likely N-dealkylation sites (tertiary alicyclic amines) is 1. The minimum Gasteiger partial charge on any atom is -0.438 e. The summed E-state index contributed by atoms with van der Waals surface area (Å²) in [7, 11) is 0. The van der Waals surface area contributed by atoms with Crippen molar-refractivity contribution in [1.82, 2.24) is 25.4 Å². The lowest BCUT2D eigenvalue weighted by Gasteiger charge is -2.53. The fourth-order valence-corrected chi connectivity index (χ4v) is 5.32. The van der Waals surface area contributed by atoms with Gasteiger partial charge in [-0.2, -0.15) is 5.10 Å². The third-order valence-electron chi connectivity index (χ3n) is 7.25. The van der Waals surface area contributed by atoms with Gasteiger partial charge < -0.3 is 14.6 Å². The highest BCUT2D eigenvalue weighted by Crippen LogP contribution is 2.44. The van der Waals surface area contributed by atoms with Crippen LogP contribution in [0.4, 0.5) is 0 Å². The number of hydrogen-bond donors (Lipinski definition) is 2. The minimum absolute atomic E-state index is 0.0231. The van der Waals surface area contributed by atoms with Crippen LogP contribution >= 0.6 is 0 Å². The van der Waals surface area contributed by atoms with Gasteiger partial charge in [-0.15, -0.1) is 0 Å². The number of benzene rings is 2. The van der Waals surface area contributed by atoms with Crippen molar-refractivity contribution in [2.75, 3.05) is 13.1 Å². The molecule has 0 atom stereocenters. The summed E-state index contributed by atoms with van der Waals surface area (Å²) in [6.07, 6.45) is 6.45. The van der Waals surface area contributed by atoms with Crippen molar-refractivity contribution < 1.29 is 14.0 Å². The summed E-state index contributed by atoms with van der Waals surface area (Å²) in [5.41, 5.74) is 3.71. The van der Waals surface area contributed by atoms with Gasteiger partial charge in [0.1, 0.15) is 0 Å². The van der Waals surface area contributed by atoms with Crippen molar-refractivity contribution in [2.24, 2.45) is 5.41 Å². The summed E-state index contributed by atoms with van der Waals surface area (Å²) in [5.74, 6) is -0.00222. The topological polar surface area (TPSA) is 104 Å². The van der Waals surface area contributed by atoms with Crippen LogP contribution in [0.25, 0.3) is 22.0 Å². The Balaban J connectivity index is 1.08. The molecule has 2 amide bonds. The molecular formula is C26H25N5O3. The van der Waals surface area contributed by atoms with Crippen LogP contribution < -0.4 is 5.32 Å². The first kappa shape index (κ1) is 20.7. The first-order valence-electron chi connectivity index (χ1n) is 11.6. The number of rotatable bonds is 4. The lowest BCUT2D eigenvalue weighted by Crippen LogP contribution is -2.60. The molecule has 8 nitrogen and oxygen atoms in total. The lowest BCUT2D eigenvalue weighted by atomic mass is 9.67. The van der Waals surface area contributed by atoms with Gasteiger partial charge in [-0.3, -0.25) is 14.7 Å². The number of hydrogen-bond acceptors (Lipinski definition) is 5. The van der Waals surface area contributed by atoms with Crippen molar-refractivity contribution in [3.05, 3.63) is 72.6 Å². The molecule has 2 fully saturated rings. The number of nitrogens with zero attached hydrogens (tertiary/aromatic N) is 3. The Labute approximate surface area is 196 Å². The molecule has 2 aromatic carbocycles. The molecule has 2 aromatic heterocycles. The zero-order valence-corrected chi connectivity index (χ0v) is 18.7. The molecule has 1 aliphatic carbocycles. The van der Waals surface area contributed by atoms with Crippen LogP contribution in [-0.2, 0) is 0 Å². The molecule has 1 saturated heterocycles. The fraction of sp³-hybridized carbons (Fsp3) is 0.308. The van der Waals surface area contributed by atoms with E-state index in [9.17, 15) is 9.59 Å². The molecule has 8 heteroatoms. The summed E-state index contributed by atoms with van der Waals surface area (Å²) in [6.45, 7) is 1.48. The summed E-state index contributed by atoms with van der Waals surface area (Å²) in [6, 6.07) is 16.3. The van der Waals surface area contributed by atoms with Gasteiger partial charge >= 0.3 is 0 Å². The normalized spacial score (nSPS) is 17.6. The summed E-state index contributed by atoms with van der Waals surface area (Å²) in [5, 5.41) is 11.3. The number of fused-ring (bicyclic) bond motifs is 1. The van der Waals surface area contributed by atoms with Crippen molar-refractivity contribution in [2.45, 2.75) is 31.7 Å². The van der Waals surface area contributed by atoms with Crippen LogP contribution in [0.2, 0.25) is 0 Å². The van der Waals surface area contributed by atoms with Crippen LogP contribution in [0.15, 0.2) is 65.5 Å². The van der Waals surface area contributed by atoms with Crippen LogP contribution in [0.5, 0.6) is 0 Å². The largest absolute Gasteiger partial charge is 0.438 e. The molecule has 1 aliphatic heterocycles. The molecule has 0 unspecified atom stereocenters. The van der Waals surface area contributed by atoms with E-state index in [0.717, 1.165) is 60.8 Å². The van der Waals surface area contributed by atoms with Gasteiger partial charge in [0.15, 0.2) is 12.1 Å². The zero-order valence-electron chi connectivity index (χ0n) is 18.7. The van der Waals surface area contributed by atoms with E-state index in [0.29, 0.717) is 5.69 Å². The number of amides is 2. The molecular weight excluding hydrogens is 430 g/mol. The number of H-pyrrole nitrogens is 1. The van der Waals surface area contributed by atoms with Gasteiger partial charge in [0.25, 0.3) is 11.8 Å². The predicted octanol–water partition coefficient (Wildman–Crippen LogP) is 4.03. The molecule has 0 bridgehead atoms. The molecule has 34 heavy (non-hydrogen) atoms. The van der Waals surface area contributed by atoms with Crippen LogP contribution in [0, 0.1) is 5.41 Å². The third kappa shape index (κ3) is 3.65. The van der Waals surface area contributed by atoms with E-state index in [1.165, 1.54) is 12.6 Å². The van der Waals surface area contributed by atoms with E-state index in [2.05, 4.69) is 32.6 Å². The summed E-state index contributed by atoms with van der Waals surface area (Å²) in [4.78, 5) is 31.1. The molecule has 2 N–H and O–H groups in total. The van der Waals surface area contributed by atoms with Gasteiger partial charge in [-0.1, -0.05) is 36.4 Å². The maximum absolute atomic E-state index is 13.2. The SMILES string of the molecule is O=C(NC1CCC2(CC1)CN(C(=O)c1n[nH]c3cc(-c4ccccc4)ccc13)C2)c1cnco1. The van der Waals surface area contributed by atoms with Crippen LogP contribution in [0.1, 0.15) is 46.7 Å². The Morgan fingerprint density at radius 2 is 1.85 bits per heavy atom. The predicted molar refractivity (Wildman–Crippen MR) is 126 cm³/mol. The van der Waals surface area contributed by atoms with Crippen molar-refractivity contribution in [3.8, 4) is 11.1 Å². The quantitative estimate of drug-likeness (QED) is 0.483. The first-order valence-corrected chi connectivity index (χ1v) is 11.6. The van der Waals surface area contributed by atoms with Crippen molar-refractivity contribution in [1.29, 1.82) is 0 Å². The maximum atomic E-state index is 13.2. The molecule has 2 aliphatic rings. The first-order chi connectivity index (χ1) is 16.6. The fourth-order valence-electron chi connectivity index (χ4n) is 5.32. The smallest absolute Gasteiger partial charge is 0.288 e. The number of aromatic nitrogens is 3.